The molecule has 7 nitrogen and oxygen atoms in total. The van der Waals surface area contributed by atoms with Crippen LogP contribution >= 0.6 is 0 Å². The first kappa shape index (κ1) is 15.9. The van der Waals surface area contributed by atoms with Crippen molar-refractivity contribution >= 4 is 28.1 Å². The van der Waals surface area contributed by atoms with E-state index in [0.29, 0.717) is 24.3 Å². The first-order valence-electron chi connectivity index (χ1n) is 8.17. The summed E-state index contributed by atoms with van der Waals surface area (Å²) in [5.74, 6) is 0.202. The summed E-state index contributed by atoms with van der Waals surface area (Å²) in [6, 6.07) is 12.4. The third-order valence-electron chi connectivity index (χ3n) is 4.23. The van der Waals surface area contributed by atoms with Gasteiger partial charge in [-0.3, -0.25) is 9.59 Å². The summed E-state index contributed by atoms with van der Waals surface area (Å²) in [7, 11) is 0. The van der Waals surface area contributed by atoms with Crippen LogP contribution in [0.3, 0.4) is 0 Å². The standard InChI is InChI=1S/C19H16N4O3/c24-13-3-1-2-11(8-13)6-7-20-16-17(19(26)18(16)25)23-12-4-5-14-15(9-12)22-10-21-14/h1-5,8-10,20,23-24H,6-7H2,(H,21,22). The van der Waals surface area contributed by atoms with E-state index in [4.69, 9.17) is 0 Å². The number of aromatic nitrogens is 2. The van der Waals surface area contributed by atoms with Gasteiger partial charge >= 0.3 is 0 Å². The molecule has 0 aliphatic carbocycles. The Morgan fingerprint density at radius 2 is 1.88 bits per heavy atom. The molecule has 0 saturated heterocycles. The molecule has 1 heterocycles. The van der Waals surface area contributed by atoms with Crippen molar-refractivity contribution in [1.82, 2.24) is 9.97 Å². The van der Waals surface area contributed by atoms with E-state index < -0.39 is 10.9 Å². The van der Waals surface area contributed by atoms with Gasteiger partial charge in [-0.05, 0) is 42.3 Å². The lowest BCUT2D eigenvalue weighted by Gasteiger charge is -2.15. The fraction of sp³-hybridized carbons (Fsp3) is 0.105. The quantitative estimate of drug-likeness (QED) is 0.398. The van der Waals surface area contributed by atoms with Crippen molar-refractivity contribution in [2.24, 2.45) is 0 Å². The van der Waals surface area contributed by atoms with Crippen molar-refractivity contribution in [3.63, 3.8) is 0 Å². The van der Waals surface area contributed by atoms with Gasteiger partial charge in [-0.1, -0.05) is 12.1 Å². The molecule has 4 rings (SSSR count). The lowest BCUT2D eigenvalue weighted by molar-refractivity contribution is 0.474. The van der Waals surface area contributed by atoms with Crippen LogP contribution in [0.2, 0.25) is 0 Å². The van der Waals surface area contributed by atoms with E-state index >= 15 is 0 Å². The van der Waals surface area contributed by atoms with Gasteiger partial charge in [0.05, 0.1) is 17.4 Å². The predicted octanol–water partition coefficient (Wildman–Crippen LogP) is 2.26. The Bertz CT molecular complexity index is 1160. The number of imidazole rings is 1. The summed E-state index contributed by atoms with van der Waals surface area (Å²) in [5.41, 5.74) is 2.81. The van der Waals surface area contributed by atoms with Gasteiger partial charge in [0.1, 0.15) is 17.1 Å². The number of benzene rings is 2. The zero-order valence-electron chi connectivity index (χ0n) is 13.7. The Morgan fingerprint density at radius 3 is 2.73 bits per heavy atom. The molecule has 0 fully saturated rings. The normalized spacial score (nSPS) is 11.1. The number of H-pyrrole nitrogens is 1. The van der Waals surface area contributed by atoms with Gasteiger partial charge in [-0.25, -0.2) is 4.98 Å². The van der Waals surface area contributed by atoms with Gasteiger partial charge in [0.2, 0.25) is 0 Å². The molecule has 0 atom stereocenters. The minimum absolute atomic E-state index is 0.202. The number of hydrogen-bond donors (Lipinski definition) is 4. The maximum atomic E-state index is 11.9. The van der Waals surface area contributed by atoms with E-state index in [0.717, 1.165) is 16.6 Å². The van der Waals surface area contributed by atoms with Crippen molar-refractivity contribution < 1.29 is 5.11 Å². The summed E-state index contributed by atoms with van der Waals surface area (Å²) in [6.07, 6.45) is 2.22. The second-order valence-electron chi connectivity index (χ2n) is 6.01. The molecule has 0 bridgehead atoms. The lowest BCUT2D eigenvalue weighted by atomic mass is 10.1. The Labute approximate surface area is 148 Å². The van der Waals surface area contributed by atoms with Gasteiger partial charge in [0.15, 0.2) is 0 Å². The van der Waals surface area contributed by atoms with Crippen molar-refractivity contribution in [3.05, 3.63) is 74.8 Å². The van der Waals surface area contributed by atoms with Gasteiger partial charge in [-0.2, -0.15) is 0 Å². The van der Waals surface area contributed by atoms with E-state index in [1.807, 2.05) is 18.2 Å². The molecule has 130 valence electrons. The molecular weight excluding hydrogens is 332 g/mol. The Kier molecular flexibility index (Phi) is 3.89. The monoisotopic (exact) mass is 348 g/mol. The molecule has 0 saturated carbocycles. The fourth-order valence-electron chi connectivity index (χ4n) is 2.88. The zero-order valence-corrected chi connectivity index (χ0v) is 13.7. The highest BCUT2D eigenvalue weighted by atomic mass is 16.3. The highest BCUT2D eigenvalue weighted by Gasteiger charge is 2.20. The van der Waals surface area contributed by atoms with Crippen LogP contribution in [-0.2, 0) is 6.42 Å². The fourth-order valence-corrected chi connectivity index (χ4v) is 2.88. The van der Waals surface area contributed by atoms with Crippen LogP contribution in [-0.4, -0.2) is 21.6 Å². The van der Waals surface area contributed by atoms with Gasteiger partial charge in [0, 0.05) is 12.2 Å². The molecule has 7 heteroatoms. The van der Waals surface area contributed by atoms with E-state index in [1.165, 1.54) is 0 Å². The van der Waals surface area contributed by atoms with E-state index in [9.17, 15) is 14.7 Å². The van der Waals surface area contributed by atoms with Gasteiger partial charge in [0.25, 0.3) is 10.9 Å². The molecule has 0 aliphatic rings. The van der Waals surface area contributed by atoms with E-state index in [-0.39, 0.29) is 11.4 Å². The molecule has 0 unspecified atom stereocenters. The zero-order chi connectivity index (χ0) is 18.1. The van der Waals surface area contributed by atoms with Gasteiger partial charge in [-0.15, -0.1) is 0 Å². The van der Waals surface area contributed by atoms with Crippen LogP contribution in [0.4, 0.5) is 17.1 Å². The van der Waals surface area contributed by atoms with Crippen LogP contribution in [0.15, 0.2) is 58.4 Å². The number of phenols is 1. The number of rotatable bonds is 6. The molecule has 0 aliphatic heterocycles. The number of nitrogens with one attached hydrogen (secondary N) is 3. The maximum Gasteiger partial charge on any atom is 0.253 e. The summed E-state index contributed by atoms with van der Waals surface area (Å²) in [4.78, 5) is 30.9. The van der Waals surface area contributed by atoms with Crippen molar-refractivity contribution in [1.29, 1.82) is 0 Å². The first-order valence-corrected chi connectivity index (χ1v) is 8.17. The second kappa shape index (κ2) is 6.36. The lowest BCUT2D eigenvalue weighted by Crippen LogP contribution is -2.37. The number of nitrogens with zero attached hydrogens (tertiary/aromatic N) is 1. The second-order valence-corrected chi connectivity index (χ2v) is 6.01. The van der Waals surface area contributed by atoms with Crippen molar-refractivity contribution in [2.45, 2.75) is 6.42 Å². The number of anilines is 3. The topological polar surface area (TPSA) is 107 Å². The highest BCUT2D eigenvalue weighted by Crippen LogP contribution is 2.23. The summed E-state index contributed by atoms with van der Waals surface area (Å²) in [6.45, 7) is 0.475. The summed E-state index contributed by atoms with van der Waals surface area (Å²) >= 11 is 0. The molecule has 3 aromatic carbocycles. The SMILES string of the molecule is O=c1c(NCCc2cccc(O)c2)c(Nc2ccc3nc[nH]c3c2)c1=O. The van der Waals surface area contributed by atoms with Crippen LogP contribution < -0.4 is 21.5 Å². The minimum atomic E-state index is -0.533. The van der Waals surface area contributed by atoms with Crippen LogP contribution in [0, 0.1) is 0 Å². The summed E-state index contributed by atoms with van der Waals surface area (Å²) in [5, 5.41) is 15.5. The minimum Gasteiger partial charge on any atom is -0.508 e. The molecule has 1 aromatic heterocycles. The van der Waals surface area contributed by atoms with Crippen molar-refractivity contribution in [3.8, 4) is 5.75 Å². The first-order chi connectivity index (χ1) is 12.6. The molecule has 4 N–H and O–H groups in total. The third kappa shape index (κ3) is 2.90. The Morgan fingerprint density at radius 1 is 1.04 bits per heavy atom. The number of hydrogen-bond acceptors (Lipinski definition) is 6. The Balaban J connectivity index is 1.47. The predicted molar refractivity (Wildman–Crippen MR) is 101 cm³/mol. The average Bonchev–Trinajstić information content (AvgIpc) is 3.11. The van der Waals surface area contributed by atoms with Crippen molar-refractivity contribution in [2.75, 3.05) is 17.2 Å². The third-order valence-corrected chi connectivity index (χ3v) is 4.23. The number of fused-ring (bicyclic) bond motifs is 1. The molecule has 0 amide bonds. The smallest absolute Gasteiger partial charge is 0.253 e. The van der Waals surface area contributed by atoms with E-state index in [2.05, 4.69) is 20.6 Å². The largest absolute Gasteiger partial charge is 0.508 e. The maximum absolute atomic E-state index is 11.9. The van der Waals surface area contributed by atoms with E-state index in [1.54, 1.807) is 30.6 Å². The number of phenolic OH excluding ortho intramolecular Hbond substituents is 1. The van der Waals surface area contributed by atoms with Gasteiger partial charge < -0.3 is 20.7 Å². The molecular formula is C19H16N4O3. The molecule has 26 heavy (non-hydrogen) atoms. The van der Waals surface area contributed by atoms with Crippen LogP contribution in [0.5, 0.6) is 5.75 Å². The van der Waals surface area contributed by atoms with Crippen LogP contribution in [0.1, 0.15) is 5.56 Å². The molecule has 4 aromatic rings. The Hall–Kier alpha value is -3.61. The number of aromatic amines is 1. The number of aromatic hydroxyl groups is 1. The molecule has 0 spiro atoms. The molecule has 0 radical (unpaired) electrons. The average molecular weight is 348 g/mol. The van der Waals surface area contributed by atoms with Crippen LogP contribution in [0.25, 0.3) is 11.0 Å². The summed E-state index contributed by atoms with van der Waals surface area (Å²) < 4.78 is 0. The highest BCUT2D eigenvalue weighted by molar-refractivity contribution is 5.84.